The van der Waals surface area contributed by atoms with Gasteiger partial charge in [-0.15, -0.1) is 0 Å². The Bertz CT molecular complexity index is 570. The van der Waals surface area contributed by atoms with Crippen LogP contribution >= 0.6 is 11.8 Å². The summed E-state index contributed by atoms with van der Waals surface area (Å²) in [5.41, 5.74) is 1.56. The van der Waals surface area contributed by atoms with Gasteiger partial charge in [0.1, 0.15) is 11.9 Å². The van der Waals surface area contributed by atoms with Crippen molar-refractivity contribution in [2.24, 2.45) is 0 Å². The molecule has 0 spiro atoms. The maximum atomic E-state index is 13.0. The van der Waals surface area contributed by atoms with Gasteiger partial charge in [0.15, 0.2) is 0 Å². The van der Waals surface area contributed by atoms with E-state index in [9.17, 15) is 4.39 Å². The average Bonchev–Trinajstić information content (AvgIpc) is 2.34. The Balaban J connectivity index is 2.30. The summed E-state index contributed by atoms with van der Waals surface area (Å²) in [6, 6.07) is 14.3. The molecule has 0 saturated heterocycles. The predicted molar refractivity (Wildman–Crippen MR) is 66.4 cm³/mol. The van der Waals surface area contributed by atoms with Gasteiger partial charge in [0, 0.05) is 9.79 Å². The van der Waals surface area contributed by atoms with Gasteiger partial charge in [-0.2, -0.15) is 5.26 Å². The van der Waals surface area contributed by atoms with Gasteiger partial charge < -0.3 is 0 Å². The van der Waals surface area contributed by atoms with Gasteiger partial charge in [-0.25, -0.2) is 4.39 Å². The van der Waals surface area contributed by atoms with E-state index in [1.54, 1.807) is 6.07 Å². The van der Waals surface area contributed by atoms with Crippen LogP contribution in [0.2, 0.25) is 0 Å². The molecule has 0 bridgehead atoms. The van der Waals surface area contributed by atoms with Crippen molar-refractivity contribution < 1.29 is 4.39 Å². The second kappa shape index (κ2) is 5.03. The number of rotatable bonds is 2. The van der Waals surface area contributed by atoms with Gasteiger partial charge in [-0.1, -0.05) is 29.5 Å². The fourth-order valence-electron chi connectivity index (χ4n) is 1.41. The van der Waals surface area contributed by atoms with E-state index in [0.717, 1.165) is 9.79 Å². The molecule has 84 valence electrons. The summed E-state index contributed by atoms with van der Waals surface area (Å²) in [6.07, 6.45) is 0. The fourth-order valence-corrected chi connectivity index (χ4v) is 2.29. The summed E-state index contributed by atoms with van der Waals surface area (Å²) in [5, 5.41) is 8.94. The lowest BCUT2D eigenvalue weighted by Gasteiger charge is -2.04. The quantitative estimate of drug-likeness (QED) is 0.790. The van der Waals surface area contributed by atoms with Gasteiger partial charge in [0.25, 0.3) is 0 Å². The summed E-state index contributed by atoms with van der Waals surface area (Å²) in [5.74, 6) is -0.380. The highest BCUT2D eigenvalue weighted by molar-refractivity contribution is 7.99. The van der Waals surface area contributed by atoms with E-state index in [0.29, 0.717) is 5.56 Å². The van der Waals surface area contributed by atoms with E-state index in [2.05, 4.69) is 0 Å². The van der Waals surface area contributed by atoms with Crippen molar-refractivity contribution in [2.45, 2.75) is 16.7 Å². The molecule has 0 atom stereocenters. The van der Waals surface area contributed by atoms with Crippen LogP contribution in [0.15, 0.2) is 52.3 Å². The molecule has 0 saturated carbocycles. The molecule has 2 aromatic carbocycles. The lowest BCUT2D eigenvalue weighted by Crippen LogP contribution is -1.84. The number of hydrogen-bond donors (Lipinski definition) is 0. The minimum atomic E-state index is -0.380. The number of benzene rings is 2. The Morgan fingerprint density at radius 1 is 1.12 bits per heavy atom. The average molecular weight is 243 g/mol. The Hall–Kier alpha value is -1.79. The van der Waals surface area contributed by atoms with Crippen molar-refractivity contribution in [1.82, 2.24) is 0 Å². The molecule has 17 heavy (non-hydrogen) atoms. The highest BCUT2D eigenvalue weighted by Crippen LogP contribution is 2.30. The molecule has 0 heterocycles. The number of aryl methyl sites for hydroxylation is 1. The third-order valence-corrected chi connectivity index (χ3v) is 3.39. The largest absolute Gasteiger partial charge is 0.207 e. The standard InChI is InChI=1S/C14H10FNS/c1-10-2-5-13(6-3-10)17-14-7-4-12(15)8-11(14)9-16/h2-8H,1H3. The van der Waals surface area contributed by atoms with Gasteiger partial charge in [-0.3, -0.25) is 0 Å². The Morgan fingerprint density at radius 2 is 1.82 bits per heavy atom. The number of hydrogen-bond acceptors (Lipinski definition) is 2. The van der Waals surface area contributed by atoms with Gasteiger partial charge in [0.05, 0.1) is 5.56 Å². The van der Waals surface area contributed by atoms with Crippen LogP contribution in [0.1, 0.15) is 11.1 Å². The van der Waals surface area contributed by atoms with Crippen molar-refractivity contribution in [3.8, 4) is 6.07 Å². The molecule has 1 nitrogen and oxygen atoms in total. The van der Waals surface area contributed by atoms with E-state index < -0.39 is 0 Å². The van der Waals surface area contributed by atoms with Crippen molar-refractivity contribution in [1.29, 1.82) is 5.26 Å². The molecular formula is C14H10FNS. The predicted octanol–water partition coefficient (Wildman–Crippen LogP) is 4.16. The molecule has 0 radical (unpaired) electrons. The van der Waals surface area contributed by atoms with E-state index in [1.165, 1.54) is 29.5 Å². The first-order chi connectivity index (χ1) is 8.19. The first kappa shape index (κ1) is 11.7. The second-order valence-electron chi connectivity index (χ2n) is 3.67. The molecule has 2 aromatic rings. The van der Waals surface area contributed by atoms with Crippen LogP contribution in [0, 0.1) is 24.1 Å². The molecular weight excluding hydrogens is 233 g/mol. The summed E-state index contributed by atoms with van der Waals surface area (Å²) in [4.78, 5) is 1.82. The van der Waals surface area contributed by atoms with E-state index in [4.69, 9.17) is 5.26 Å². The SMILES string of the molecule is Cc1ccc(Sc2ccc(F)cc2C#N)cc1. The summed E-state index contributed by atoms with van der Waals surface area (Å²) >= 11 is 1.47. The van der Waals surface area contributed by atoms with Crippen molar-refractivity contribution in [3.05, 3.63) is 59.4 Å². The van der Waals surface area contributed by atoms with Crippen molar-refractivity contribution >= 4 is 11.8 Å². The van der Waals surface area contributed by atoms with Crippen LogP contribution in [0.3, 0.4) is 0 Å². The zero-order valence-electron chi connectivity index (χ0n) is 9.27. The zero-order valence-corrected chi connectivity index (χ0v) is 10.1. The first-order valence-electron chi connectivity index (χ1n) is 5.13. The third kappa shape index (κ3) is 2.86. The van der Waals surface area contributed by atoms with Gasteiger partial charge >= 0.3 is 0 Å². The van der Waals surface area contributed by atoms with Crippen LogP contribution < -0.4 is 0 Å². The van der Waals surface area contributed by atoms with Gasteiger partial charge in [0.2, 0.25) is 0 Å². The Morgan fingerprint density at radius 3 is 2.47 bits per heavy atom. The molecule has 0 aromatic heterocycles. The maximum Gasteiger partial charge on any atom is 0.124 e. The fraction of sp³-hybridized carbons (Fsp3) is 0.0714. The molecule has 0 N–H and O–H groups in total. The van der Waals surface area contributed by atoms with E-state index in [-0.39, 0.29) is 5.82 Å². The highest BCUT2D eigenvalue weighted by atomic mass is 32.2. The van der Waals surface area contributed by atoms with E-state index in [1.807, 2.05) is 37.3 Å². The Kier molecular flexibility index (Phi) is 3.46. The topological polar surface area (TPSA) is 23.8 Å². The molecule has 0 fully saturated rings. The lowest BCUT2D eigenvalue weighted by molar-refractivity contribution is 0.626. The van der Waals surface area contributed by atoms with Crippen LogP contribution in [0.4, 0.5) is 4.39 Å². The monoisotopic (exact) mass is 243 g/mol. The molecule has 0 unspecified atom stereocenters. The molecule has 0 amide bonds. The van der Waals surface area contributed by atoms with Crippen molar-refractivity contribution in [2.75, 3.05) is 0 Å². The zero-order chi connectivity index (χ0) is 12.3. The minimum Gasteiger partial charge on any atom is -0.207 e. The van der Waals surface area contributed by atoms with E-state index >= 15 is 0 Å². The Labute approximate surface area is 104 Å². The number of nitriles is 1. The summed E-state index contributed by atoms with van der Waals surface area (Å²) in [6.45, 7) is 2.02. The molecule has 0 aliphatic heterocycles. The number of halogens is 1. The third-order valence-electron chi connectivity index (χ3n) is 2.31. The van der Waals surface area contributed by atoms with Crippen molar-refractivity contribution in [3.63, 3.8) is 0 Å². The summed E-state index contributed by atoms with van der Waals surface area (Å²) < 4.78 is 13.0. The maximum absolute atomic E-state index is 13.0. The highest BCUT2D eigenvalue weighted by Gasteiger charge is 2.05. The molecule has 3 heteroatoms. The smallest absolute Gasteiger partial charge is 0.124 e. The lowest BCUT2D eigenvalue weighted by atomic mass is 10.2. The van der Waals surface area contributed by atoms with Crippen LogP contribution in [-0.4, -0.2) is 0 Å². The second-order valence-corrected chi connectivity index (χ2v) is 4.78. The van der Waals surface area contributed by atoms with Gasteiger partial charge in [-0.05, 0) is 37.3 Å². The van der Waals surface area contributed by atoms with Crippen LogP contribution in [0.5, 0.6) is 0 Å². The normalized spacial score (nSPS) is 9.94. The first-order valence-corrected chi connectivity index (χ1v) is 5.95. The molecule has 0 aliphatic rings. The summed E-state index contributed by atoms with van der Waals surface area (Å²) in [7, 11) is 0. The van der Waals surface area contributed by atoms with Crippen LogP contribution in [0.25, 0.3) is 0 Å². The number of nitrogens with zero attached hydrogens (tertiary/aromatic N) is 1. The molecule has 2 rings (SSSR count). The minimum absolute atomic E-state index is 0.371. The van der Waals surface area contributed by atoms with Crippen LogP contribution in [-0.2, 0) is 0 Å². The molecule has 0 aliphatic carbocycles.